The van der Waals surface area contributed by atoms with E-state index in [0.29, 0.717) is 11.5 Å². The molecule has 0 saturated heterocycles. The summed E-state index contributed by atoms with van der Waals surface area (Å²) in [5.74, 6) is 0.800. The predicted molar refractivity (Wildman–Crippen MR) is 85.5 cm³/mol. The van der Waals surface area contributed by atoms with Crippen LogP contribution in [0.1, 0.15) is 43.7 Å². The van der Waals surface area contributed by atoms with E-state index in [1.165, 1.54) is 12.8 Å². The number of aryl methyl sites for hydroxylation is 2. The van der Waals surface area contributed by atoms with Gasteiger partial charge in [-0.2, -0.15) is 0 Å². The van der Waals surface area contributed by atoms with Crippen molar-refractivity contribution in [2.45, 2.75) is 46.0 Å². The molecule has 1 nitrogen and oxygen atoms in total. The number of para-hydroxylation sites is 1. The van der Waals surface area contributed by atoms with E-state index in [-0.39, 0.29) is 5.82 Å². The van der Waals surface area contributed by atoms with Gasteiger partial charge in [-0.3, -0.25) is 0 Å². The Labute approximate surface area is 126 Å². The van der Waals surface area contributed by atoms with Crippen molar-refractivity contribution in [2.75, 3.05) is 0 Å². The van der Waals surface area contributed by atoms with Gasteiger partial charge in [0.25, 0.3) is 0 Å². The summed E-state index contributed by atoms with van der Waals surface area (Å²) in [6.07, 6.45) is 5.36. The molecule has 2 aromatic rings. The summed E-state index contributed by atoms with van der Waals surface area (Å²) >= 11 is 0. The molecular formula is C19H23FO. The van der Waals surface area contributed by atoms with Crippen LogP contribution in [-0.2, 0) is 6.42 Å². The van der Waals surface area contributed by atoms with Gasteiger partial charge in [0.05, 0.1) is 0 Å². The van der Waals surface area contributed by atoms with E-state index in [1.807, 2.05) is 43.3 Å². The van der Waals surface area contributed by atoms with Crippen LogP contribution in [0.25, 0.3) is 0 Å². The van der Waals surface area contributed by atoms with Crippen LogP contribution in [0.5, 0.6) is 11.5 Å². The van der Waals surface area contributed by atoms with Crippen molar-refractivity contribution < 1.29 is 9.13 Å². The lowest BCUT2D eigenvalue weighted by Gasteiger charge is -2.11. The fraction of sp³-hybridized carbons (Fsp3) is 0.368. The lowest BCUT2D eigenvalue weighted by Crippen LogP contribution is -1.96. The summed E-state index contributed by atoms with van der Waals surface area (Å²) in [6, 6.07) is 13.1. The van der Waals surface area contributed by atoms with E-state index in [1.54, 1.807) is 6.07 Å². The average molecular weight is 286 g/mol. The number of hydrogen-bond acceptors (Lipinski definition) is 1. The van der Waals surface area contributed by atoms with Gasteiger partial charge >= 0.3 is 0 Å². The Balaban J connectivity index is 2.09. The first-order valence-electron chi connectivity index (χ1n) is 7.73. The molecule has 0 N–H and O–H groups in total. The minimum absolute atomic E-state index is 0.225. The fourth-order valence-electron chi connectivity index (χ4n) is 2.36. The molecule has 0 aliphatic carbocycles. The number of hydrogen-bond donors (Lipinski definition) is 0. The Hall–Kier alpha value is -1.83. The third-order valence-corrected chi connectivity index (χ3v) is 3.66. The lowest BCUT2D eigenvalue weighted by molar-refractivity contribution is 0.435. The van der Waals surface area contributed by atoms with Crippen LogP contribution < -0.4 is 4.74 Å². The molecule has 0 radical (unpaired) electrons. The molecule has 0 fully saturated rings. The van der Waals surface area contributed by atoms with Gasteiger partial charge in [-0.15, -0.1) is 0 Å². The molecule has 2 rings (SSSR count). The van der Waals surface area contributed by atoms with E-state index < -0.39 is 0 Å². The molecule has 0 amide bonds. The molecule has 0 atom stereocenters. The first-order chi connectivity index (χ1) is 10.2. The van der Waals surface area contributed by atoms with Crippen LogP contribution in [0.2, 0.25) is 0 Å². The van der Waals surface area contributed by atoms with Gasteiger partial charge in [0.15, 0.2) is 11.6 Å². The zero-order chi connectivity index (χ0) is 15.1. The third-order valence-electron chi connectivity index (χ3n) is 3.66. The molecule has 0 heterocycles. The summed E-state index contributed by atoms with van der Waals surface area (Å²) in [7, 11) is 0. The number of ether oxygens (including phenoxy) is 1. The monoisotopic (exact) mass is 286 g/mol. The second kappa shape index (κ2) is 7.82. The zero-order valence-electron chi connectivity index (χ0n) is 12.9. The van der Waals surface area contributed by atoms with Crippen LogP contribution in [0.15, 0.2) is 42.5 Å². The SMILES string of the molecule is CCCCCCc1cccc(Oc2ccccc2C)c1F. The van der Waals surface area contributed by atoms with Crippen LogP contribution in [0.4, 0.5) is 4.39 Å². The van der Waals surface area contributed by atoms with Gasteiger partial charge in [0, 0.05) is 0 Å². The Morgan fingerprint density at radius 2 is 1.67 bits per heavy atom. The smallest absolute Gasteiger partial charge is 0.168 e. The average Bonchev–Trinajstić information content (AvgIpc) is 2.49. The largest absolute Gasteiger partial charge is 0.454 e. The first kappa shape index (κ1) is 15.6. The minimum atomic E-state index is -0.225. The summed E-state index contributed by atoms with van der Waals surface area (Å²) in [4.78, 5) is 0. The van der Waals surface area contributed by atoms with E-state index in [9.17, 15) is 4.39 Å². The molecule has 112 valence electrons. The Morgan fingerprint density at radius 1 is 0.905 bits per heavy atom. The van der Waals surface area contributed by atoms with Gasteiger partial charge in [-0.05, 0) is 43.0 Å². The van der Waals surface area contributed by atoms with Gasteiger partial charge < -0.3 is 4.74 Å². The highest BCUT2D eigenvalue weighted by Crippen LogP contribution is 2.29. The van der Waals surface area contributed by atoms with Crippen molar-refractivity contribution in [1.82, 2.24) is 0 Å². The van der Waals surface area contributed by atoms with E-state index in [4.69, 9.17) is 4.74 Å². The molecule has 0 aliphatic rings. The normalized spacial score (nSPS) is 10.6. The van der Waals surface area contributed by atoms with Gasteiger partial charge in [-0.25, -0.2) is 4.39 Å². The quantitative estimate of drug-likeness (QED) is 0.563. The van der Waals surface area contributed by atoms with Crippen LogP contribution in [-0.4, -0.2) is 0 Å². The Bertz CT molecular complexity index is 578. The molecule has 0 bridgehead atoms. The molecule has 0 aliphatic heterocycles. The van der Waals surface area contributed by atoms with Crippen LogP contribution >= 0.6 is 0 Å². The molecule has 21 heavy (non-hydrogen) atoms. The fourth-order valence-corrected chi connectivity index (χ4v) is 2.36. The second-order valence-corrected chi connectivity index (χ2v) is 5.41. The molecular weight excluding hydrogens is 263 g/mol. The molecule has 0 unspecified atom stereocenters. The molecule has 0 aromatic heterocycles. The maximum atomic E-state index is 14.5. The molecule has 0 spiro atoms. The van der Waals surface area contributed by atoms with Crippen molar-refractivity contribution in [3.8, 4) is 11.5 Å². The highest BCUT2D eigenvalue weighted by atomic mass is 19.1. The van der Waals surface area contributed by atoms with Gasteiger partial charge in [0.2, 0.25) is 0 Å². The number of benzene rings is 2. The van der Waals surface area contributed by atoms with Gasteiger partial charge in [-0.1, -0.05) is 56.5 Å². The minimum Gasteiger partial charge on any atom is -0.454 e. The van der Waals surface area contributed by atoms with Crippen molar-refractivity contribution in [3.63, 3.8) is 0 Å². The van der Waals surface area contributed by atoms with Crippen molar-refractivity contribution in [2.24, 2.45) is 0 Å². The van der Waals surface area contributed by atoms with Crippen LogP contribution in [0, 0.1) is 12.7 Å². The zero-order valence-corrected chi connectivity index (χ0v) is 12.9. The molecule has 2 heteroatoms. The highest BCUT2D eigenvalue weighted by molar-refractivity contribution is 5.39. The first-order valence-corrected chi connectivity index (χ1v) is 7.73. The van der Waals surface area contributed by atoms with E-state index in [2.05, 4.69) is 6.92 Å². The summed E-state index contributed by atoms with van der Waals surface area (Å²) in [5, 5.41) is 0. The van der Waals surface area contributed by atoms with Crippen molar-refractivity contribution in [1.29, 1.82) is 0 Å². The third kappa shape index (κ3) is 4.32. The number of unbranched alkanes of at least 4 members (excludes halogenated alkanes) is 3. The van der Waals surface area contributed by atoms with E-state index >= 15 is 0 Å². The molecule has 2 aromatic carbocycles. The number of rotatable bonds is 7. The predicted octanol–water partition coefficient (Wildman–Crippen LogP) is 6.05. The maximum absolute atomic E-state index is 14.5. The summed E-state index contributed by atoms with van der Waals surface area (Å²) < 4.78 is 20.2. The van der Waals surface area contributed by atoms with Crippen molar-refractivity contribution >= 4 is 0 Å². The standard InChI is InChI=1S/C19H23FO/c1-3-4-5-6-11-16-12-9-14-18(19(16)20)21-17-13-8-7-10-15(17)2/h7-10,12-14H,3-6,11H2,1-2H3. The molecule has 0 saturated carbocycles. The topological polar surface area (TPSA) is 9.23 Å². The maximum Gasteiger partial charge on any atom is 0.168 e. The lowest BCUT2D eigenvalue weighted by atomic mass is 10.1. The Kier molecular flexibility index (Phi) is 5.79. The van der Waals surface area contributed by atoms with Crippen LogP contribution in [0.3, 0.4) is 0 Å². The second-order valence-electron chi connectivity index (χ2n) is 5.41. The van der Waals surface area contributed by atoms with Gasteiger partial charge in [0.1, 0.15) is 5.75 Å². The Morgan fingerprint density at radius 3 is 2.43 bits per heavy atom. The number of halogens is 1. The summed E-state index contributed by atoms with van der Waals surface area (Å²) in [6.45, 7) is 4.14. The summed E-state index contributed by atoms with van der Waals surface area (Å²) in [5.41, 5.74) is 1.75. The van der Waals surface area contributed by atoms with Crippen molar-refractivity contribution in [3.05, 3.63) is 59.4 Å². The van der Waals surface area contributed by atoms with E-state index in [0.717, 1.165) is 30.4 Å². The highest BCUT2D eigenvalue weighted by Gasteiger charge is 2.10.